The molecule has 1 heterocycles. The summed E-state index contributed by atoms with van der Waals surface area (Å²) in [6.45, 7) is 2.48. The van der Waals surface area contributed by atoms with Gasteiger partial charge in [0.2, 0.25) is 0 Å². The second-order valence-corrected chi connectivity index (χ2v) is 5.54. The summed E-state index contributed by atoms with van der Waals surface area (Å²) in [5, 5.41) is 6.21. The molecule has 1 aliphatic heterocycles. The summed E-state index contributed by atoms with van der Waals surface area (Å²) in [7, 11) is 0. The van der Waals surface area contributed by atoms with E-state index in [4.69, 9.17) is 0 Å². The normalized spacial score (nSPS) is 14.6. The zero-order chi connectivity index (χ0) is 13.5. The molecule has 1 aliphatic rings. The number of benzene rings is 1. The number of hydrogen-bond acceptors (Lipinski definition) is 3. The van der Waals surface area contributed by atoms with Crippen LogP contribution in [0.1, 0.15) is 12.8 Å². The highest BCUT2D eigenvalue weighted by atomic mass is 32.2. The maximum Gasteiger partial charge on any atom is 0.321 e. The van der Waals surface area contributed by atoms with Gasteiger partial charge in [-0.25, -0.2) is 4.79 Å². The molecule has 1 fully saturated rings. The van der Waals surface area contributed by atoms with Gasteiger partial charge in [-0.1, -0.05) is 0 Å². The Bertz CT molecular complexity index is 408. The molecule has 0 radical (unpaired) electrons. The third-order valence-corrected chi connectivity index (χ3v) is 3.84. The molecule has 0 spiro atoms. The Morgan fingerprint density at radius 2 is 2.11 bits per heavy atom. The van der Waals surface area contributed by atoms with Crippen LogP contribution in [0.3, 0.4) is 0 Å². The van der Waals surface area contributed by atoms with Crippen molar-refractivity contribution in [2.24, 2.45) is 0 Å². The van der Waals surface area contributed by atoms with E-state index in [1.807, 2.05) is 36.0 Å². The Balaban J connectivity index is 1.79. The van der Waals surface area contributed by atoms with Crippen molar-refractivity contribution in [3.8, 4) is 0 Å². The van der Waals surface area contributed by atoms with E-state index in [0.29, 0.717) is 0 Å². The quantitative estimate of drug-likeness (QED) is 0.754. The number of anilines is 2. The van der Waals surface area contributed by atoms with Gasteiger partial charge in [0.15, 0.2) is 0 Å². The predicted molar refractivity (Wildman–Crippen MR) is 83.3 cm³/mol. The highest BCUT2D eigenvalue weighted by molar-refractivity contribution is 7.98. The molecule has 2 rings (SSSR count). The van der Waals surface area contributed by atoms with Crippen molar-refractivity contribution in [1.82, 2.24) is 5.32 Å². The van der Waals surface area contributed by atoms with E-state index in [9.17, 15) is 4.79 Å². The van der Waals surface area contributed by atoms with Crippen LogP contribution in [-0.2, 0) is 0 Å². The Hall–Kier alpha value is -1.36. The summed E-state index contributed by atoms with van der Waals surface area (Å²) in [5.74, 6) is 1.23. The van der Waals surface area contributed by atoms with Crippen molar-refractivity contribution in [2.45, 2.75) is 12.8 Å². The Kier molecular flexibility index (Phi) is 5.39. The first kappa shape index (κ1) is 14.1. The van der Waals surface area contributed by atoms with Gasteiger partial charge in [0.25, 0.3) is 0 Å². The van der Waals surface area contributed by atoms with E-state index in [1.165, 1.54) is 18.6 Å². The molecule has 2 amide bonds. The van der Waals surface area contributed by atoms with E-state index < -0.39 is 0 Å². The van der Waals surface area contributed by atoms with E-state index in [0.717, 1.165) is 31.0 Å². The SMILES string of the molecule is CSCCCCNc1ccc(N2CCNC2=O)cc1. The number of nitrogens with one attached hydrogen (secondary N) is 2. The standard InChI is InChI=1S/C14H21N3OS/c1-19-11-3-2-8-15-12-4-6-13(7-5-12)17-10-9-16-14(17)18/h4-7,15H,2-3,8-11H2,1H3,(H,16,18). The Morgan fingerprint density at radius 3 is 2.74 bits per heavy atom. The van der Waals surface area contributed by atoms with Gasteiger partial charge in [0.05, 0.1) is 0 Å². The lowest BCUT2D eigenvalue weighted by atomic mass is 10.2. The lowest BCUT2D eigenvalue weighted by Gasteiger charge is -2.15. The molecule has 4 nitrogen and oxygen atoms in total. The Morgan fingerprint density at radius 1 is 1.32 bits per heavy atom. The van der Waals surface area contributed by atoms with Crippen LogP contribution in [0.2, 0.25) is 0 Å². The van der Waals surface area contributed by atoms with Gasteiger partial charge < -0.3 is 10.6 Å². The monoisotopic (exact) mass is 279 g/mol. The van der Waals surface area contributed by atoms with E-state index in [-0.39, 0.29) is 6.03 Å². The van der Waals surface area contributed by atoms with Crippen LogP contribution in [0.4, 0.5) is 16.2 Å². The molecule has 19 heavy (non-hydrogen) atoms. The lowest BCUT2D eigenvalue weighted by Crippen LogP contribution is -2.27. The second-order valence-electron chi connectivity index (χ2n) is 4.56. The predicted octanol–water partition coefficient (Wildman–Crippen LogP) is 2.77. The van der Waals surface area contributed by atoms with Crippen LogP contribution in [-0.4, -0.2) is 37.7 Å². The van der Waals surface area contributed by atoms with Crippen LogP contribution in [0.15, 0.2) is 24.3 Å². The van der Waals surface area contributed by atoms with Gasteiger partial charge >= 0.3 is 6.03 Å². The molecule has 104 valence electrons. The van der Waals surface area contributed by atoms with Crippen molar-refractivity contribution in [3.63, 3.8) is 0 Å². The Labute approximate surface area is 118 Å². The van der Waals surface area contributed by atoms with Gasteiger partial charge in [0.1, 0.15) is 0 Å². The number of unbranched alkanes of at least 4 members (excludes halogenated alkanes) is 1. The fraction of sp³-hybridized carbons (Fsp3) is 0.500. The first-order valence-corrected chi connectivity index (χ1v) is 8.09. The zero-order valence-corrected chi connectivity index (χ0v) is 12.1. The van der Waals surface area contributed by atoms with Gasteiger partial charge in [-0.2, -0.15) is 11.8 Å². The van der Waals surface area contributed by atoms with Gasteiger partial charge in [-0.15, -0.1) is 0 Å². The summed E-state index contributed by atoms with van der Waals surface area (Å²) >= 11 is 1.89. The van der Waals surface area contributed by atoms with Crippen LogP contribution in [0.5, 0.6) is 0 Å². The van der Waals surface area contributed by atoms with Crippen molar-refractivity contribution in [3.05, 3.63) is 24.3 Å². The number of thioether (sulfide) groups is 1. The number of carbonyl (C=O) groups is 1. The maximum atomic E-state index is 11.5. The van der Waals surface area contributed by atoms with Crippen molar-refractivity contribution in [2.75, 3.05) is 41.9 Å². The zero-order valence-electron chi connectivity index (χ0n) is 11.3. The molecule has 5 heteroatoms. The van der Waals surface area contributed by atoms with Gasteiger partial charge in [0, 0.05) is 31.0 Å². The molecule has 1 saturated heterocycles. The average molecular weight is 279 g/mol. The van der Waals surface area contributed by atoms with Gasteiger partial charge in [-0.05, 0) is 49.1 Å². The van der Waals surface area contributed by atoms with Crippen molar-refractivity contribution < 1.29 is 4.79 Å². The number of nitrogens with zero attached hydrogens (tertiary/aromatic N) is 1. The number of carbonyl (C=O) groups excluding carboxylic acids is 1. The van der Waals surface area contributed by atoms with E-state index in [1.54, 1.807) is 4.90 Å². The van der Waals surface area contributed by atoms with Crippen LogP contribution >= 0.6 is 11.8 Å². The molecule has 0 saturated carbocycles. The third kappa shape index (κ3) is 4.06. The molecule has 0 atom stereocenters. The van der Waals surface area contributed by atoms with Crippen LogP contribution < -0.4 is 15.5 Å². The molecule has 0 aliphatic carbocycles. The van der Waals surface area contributed by atoms with E-state index in [2.05, 4.69) is 16.9 Å². The topological polar surface area (TPSA) is 44.4 Å². The minimum Gasteiger partial charge on any atom is -0.385 e. The fourth-order valence-corrected chi connectivity index (χ4v) is 2.57. The summed E-state index contributed by atoms with van der Waals surface area (Å²) in [4.78, 5) is 13.3. The minimum absolute atomic E-state index is 0.00206. The number of urea groups is 1. The molecule has 0 bridgehead atoms. The van der Waals surface area contributed by atoms with Crippen molar-refractivity contribution >= 4 is 29.2 Å². The molecular weight excluding hydrogens is 258 g/mol. The first-order valence-electron chi connectivity index (χ1n) is 6.69. The van der Waals surface area contributed by atoms with Crippen molar-refractivity contribution in [1.29, 1.82) is 0 Å². The molecule has 0 unspecified atom stereocenters. The highest BCUT2D eigenvalue weighted by Crippen LogP contribution is 2.19. The largest absolute Gasteiger partial charge is 0.385 e. The summed E-state index contributed by atoms with van der Waals surface area (Å²) in [6.07, 6.45) is 4.58. The minimum atomic E-state index is -0.00206. The van der Waals surface area contributed by atoms with Crippen LogP contribution in [0.25, 0.3) is 0 Å². The van der Waals surface area contributed by atoms with Crippen LogP contribution in [0, 0.1) is 0 Å². The summed E-state index contributed by atoms with van der Waals surface area (Å²) in [6, 6.07) is 8.06. The molecule has 2 N–H and O–H groups in total. The first-order chi connectivity index (χ1) is 9.31. The molecule has 1 aromatic carbocycles. The third-order valence-electron chi connectivity index (χ3n) is 3.14. The van der Waals surface area contributed by atoms with E-state index >= 15 is 0 Å². The fourth-order valence-electron chi connectivity index (χ4n) is 2.08. The lowest BCUT2D eigenvalue weighted by molar-refractivity contribution is 0.252. The average Bonchev–Trinajstić information content (AvgIpc) is 2.86. The number of rotatable bonds is 7. The summed E-state index contributed by atoms with van der Waals surface area (Å²) < 4.78 is 0. The molecule has 0 aromatic heterocycles. The smallest absolute Gasteiger partial charge is 0.321 e. The number of amides is 2. The number of hydrogen-bond donors (Lipinski definition) is 2. The van der Waals surface area contributed by atoms with Gasteiger partial charge in [-0.3, -0.25) is 4.90 Å². The molecular formula is C14H21N3OS. The summed E-state index contributed by atoms with van der Waals surface area (Å²) in [5.41, 5.74) is 2.08. The molecule has 1 aromatic rings. The maximum absolute atomic E-state index is 11.5. The highest BCUT2D eigenvalue weighted by Gasteiger charge is 2.20. The second kappa shape index (κ2) is 7.28.